The van der Waals surface area contributed by atoms with Crippen LogP contribution in [0.5, 0.6) is 0 Å². The number of hydrogen-bond acceptors (Lipinski definition) is 3. The van der Waals surface area contributed by atoms with Crippen molar-refractivity contribution in [1.82, 2.24) is 5.32 Å². The summed E-state index contributed by atoms with van der Waals surface area (Å²) in [5.41, 5.74) is 2.03. The maximum absolute atomic E-state index is 12.3. The summed E-state index contributed by atoms with van der Waals surface area (Å²) in [6.45, 7) is 0.396. The molecule has 4 nitrogen and oxygen atoms in total. The maximum Gasteiger partial charge on any atom is 0.337 e. The first-order valence-corrected chi connectivity index (χ1v) is 7.61. The van der Waals surface area contributed by atoms with E-state index in [4.69, 9.17) is 0 Å². The van der Waals surface area contributed by atoms with Gasteiger partial charge in [0, 0.05) is 12.1 Å². The third-order valence-corrected chi connectivity index (χ3v) is 3.84. The number of esters is 1. The van der Waals surface area contributed by atoms with Crippen molar-refractivity contribution in [3.05, 3.63) is 83.4 Å². The van der Waals surface area contributed by atoms with E-state index in [9.17, 15) is 9.59 Å². The molecule has 0 spiro atoms. The Balaban J connectivity index is 1.67. The molecular formula is C20H17NO3. The van der Waals surface area contributed by atoms with Gasteiger partial charge in [-0.25, -0.2) is 4.79 Å². The predicted molar refractivity (Wildman–Crippen MR) is 92.9 cm³/mol. The Morgan fingerprint density at radius 1 is 0.875 bits per heavy atom. The topological polar surface area (TPSA) is 55.4 Å². The summed E-state index contributed by atoms with van der Waals surface area (Å²) in [7, 11) is 1.35. The third-order valence-electron chi connectivity index (χ3n) is 3.84. The van der Waals surface area contributed by atoms with E-state index in [0.717, 1.165) is 16.3 Å². The molecule has 3 aromatic rings. The number of nitrogens with one attached hydrogen (secondary N) is 1. The second-order valence-electron chi connectivity index (χ2n) is 5.43. The molecule has 0 fully saturated rings. The van der Waals surface area contributed by atoms with E-state index in [0.29, 0.717) is 17.7 Å². The smallest absolute Gasteiger partial charge is 0.337 e. The highest BCUT2D eigenvalue weighted by Crippen LogP contribution is 2.15. The van der Waals surface area contributed by atoms with E-state index in [-0.39, 0.29) is 11.9 Å². The quantitative estimate of drug-likeness (QED) is 0.748. The number of benzene rings is 3. The van der Waals surface area contributed by atoms with Crippen LogP contribution in [0, 0.1) is 0 Å². The van der Waals surface area contributed by atoms with E-state index in [2.05, 4.69) is 10.1 Å². The molecule has 4 heteroatoms. The van der Waals surface area contributed by atoms with E-state index < -0.39 is 0 Å². The molecule has 0 aromatic heterocycles. The standard InChI is InChI=1S/C20H17NO3/c1-24-20(23)16-8-6-14(7-9-16)13-21-19(22)18-11-10-15-4-2-3-5-17(15)12-18/h2-12H,13H2,1H3,(H,21,22). The van der Waals surface area contributed by atoms with Gasteiger partial charge in [-0.2, -0.15) is 0 Å². The van der Waals surface area contributed by atoms with Crippen LogP contribution < -0.4 is 5.32 Å². The van der Waals surface area contributed by atoms with Gasteiger partial charge in [0.25, 0.3) is 5.91 Å². The summed E-state index contributed by atoms with van der Waals surface area (Å²) in [5.74, 6) is -0.500. The van der Waals surface area contributed by atoms with Gasteiger partial charge >= 0.3 is 5.97 Å². The Labute approximate surface area is 140 Å². The summed E-state index contributed by atoms with van der Waals surface area (Å²) < 4.78 is 4.66. The number of carbonyl (C=O) groups excluding carboxylic acids is 2. The molecule has 24 heavy (non-hydrogen) atoms. The van der Waals surface area contributed by atoms with E-state index >= 15 is 0 Å². The average molecular weight is 319 g/mol. The van der Waals surface area contributed by atoms with E-state index in [1.54, 1.807) is 24.3 Å². The first-order chi connectivity index (χ1) is 11.7. The Morgan fingerprint density at radius 2 is 1.54 bits per heavy atom. The van der Waals surface area contributed by atoms with Crippen LogP contribution in [0.3, 0.4) is 0 Å². The van der Waals surface area contributed by atoms with Crippen molar-refractivity contribution in [1.29, 1.82) is 0 Å². The van der Waals surface area contributed by atoms with Crippen LogP contribution in [0.25, 0.3) is 10.8 Å². The fourth-order valence-corrected chi connectivity index (χ4v) is 2.49. The Morgan fingerprint density at radius 3 is 2.25 bits per heavy atom. The molecule has 0 aliphatic carbocycles. The highest BCUT2D eigenvalue weighted by molar-refractivity contribution is 5.98. The lowest BCUT2D eigenvalue weighted by atomic mass is 10.1. The van der Waals surface area contributed by atoms with E-state index in [1.807, 2.05) is 42.5 Å². The first-order valence-electron chi connectivity index (χ1n) is 7.61. The van der Waals surface area contributed by atoms with Gasteiger partial charge in [-0.05, 0) is 40.6 Å². The molecule has 0 aliphatic rings. The zero-order valence-corrected chi connectivity index (χ0v) is 13.3. The number of amides is 1. The molecule has 0 saturated heterocycles. The monoisotopic (exact) mass is 319 g/mol. The van der Waals surface area contributed by atoms with Gasteiger partial charge in [0.15, 0.2) is 0 Å². The first kappa shape index (κ1) is 15.7. The number of methoxy groups -OCH3 is 1. The van der Waals surface area contributed by atoms with Crippen molar-refractivity contribution >= 4 is 22.6 Å². The fraction of sp³-hybridized carbons (Fsp3) is 0.100. The van der Waals surface area contributed by atoms with Gasteiger partial charge in [0.05, 0.1) is 12.7 Å². The Kier molecular flexibility index (Phi) is 4.57. The molecular weight excluding hydrogens is 302 g/mol. The van der Waals surface area contributed by atoms with Crippen molar-refractivity contribution in [2.45, 2.75) is 6.54 Å². The molecule has 0 atom stereocenters. The summed E-state index contributed by atoms with van der Waals surface area (Å²) in [4.78, 5) is 23.7. The van der Waals surface area contributed by atoms with E-state index in [1.165, 1.54) is 7.11 Å². The second kappa shape index (κ2) is 6.96. The molecule has 0 bridgehead atoms. The normalized spacial score (nSPS) is 10.4. The number of ether oxygens (including phenoxy) is 1. The van der Waals surface area contributed by atoms with Crippen molar-refractivity contribution in [2.75, 3.05) is 7.11 Å². The SMILES string of the molecule is COC(=O)c1ccc(CNC(=O)c2ccc3ccccc3c2)cc1. The highest BCUT2D eigenvalue weighted by atomic mass is 16.5. The third kappa shape index (κ3) is 3.43. The predicted octanol–water partition coefficient (Wildman–Crippen LogP) is 3.56. The summed E-state index contributed by atoms with van der Waals surface area (Å²) in [5, 5.41) is 5.03. The van der Waals surface area contributed by atoms with Crippen molar-refractivity contribution in [3.8, 4) is 0 Å². The minimum atomic E-state index is -0.373. The summed E-state index contributed by atoms with van der Waals surface area (Å²) in [6, 6.07) is 20.5. The number of rotatable bonds is 4. The van der Waals surface area contributed by atoms with Crippen LogP contribution in [0.15, 0.2) is 66.7 Å². The Hall–Kier alpha value is -3.14. The van der Waals surface area contributed by atoms with Crippen LogP contribution in [0.4, 0.5) is 0 Å². The molecule has 3 rings (SSSR count). The van der Waals surface area contributed by atoms with Crippen molar-refractivity contribution in [2.24, 2.45) is 0 Å². The van der Waals surface area contributed by atoms with Gasteiger partial charge in [0.2, 0.25) is 0 Å². The number of fused-ring (bicyclic) bond motifs is 1. The zero-order valence-electron chi connectivity index (χ0n) is 13.3. The van der Waals surface area contributed by atoms with Gasteiger partial charge < -0.3 is 10.1 Å². The van der Waals surface area contributed by atoms with Gasteiger partial charge in [-0.1, -0.05) is 42.5 Å². The molecule has 0 aliphatic heterocycles. The van der Waals surface area contributed by atoms with Crippen LogP contribution >= 0.6 is 0 Å². The second-order valence-corrected chi connectivity index (χ2v) is 5.43. The molecule has 3 aromatic carbocycles. The average Bonchev–Trinajstić information content (AvgIpc) is 2.65. The minimum absolute atomic E-state index is 0.127. The molecule has 1 amide bonds. The van der Waals surface area contributed by atoms with Crippen molar-refractivity contribution < 1.29 is 14.3 Å². The number of hydrogen-bond donors (Lipinski definition) is 1. The molecule has 0 saturated carbocycles. The zero-order chi connectivity index (χ0) is 16.9. The molecule has 0 unspecified atom stereocenters. The lowest BCUT2D eigenvalue weighted by Crippen LogP contribution is -2.22. The summed E-state index contributed by atoms with van der Waals surface area (Å²) >= 11 is 0. The fourth-order valence-electron chi connectivity index (χ4n) is 2.49. The molecule has 1 N–H and O–H groups in total. The molecule has 120 valence electrons. The molecule has 0 radical (unpaired) electrons. The van der Waals surface area contributed by atoms with Crippen LogP contribution in [-0.4, -0.2) is 19.0 Å². The summed E-state index contributed by atoms with van der Waals surface area (Å²) in [6.07, 6.45) is 0. The van der Waals surface area contributed by atoms with Gasteiger partial charge in [0.1, 0.15) is 0 Å². The highest BCUT2D eigenvalue weighted by Gasteiger charge is 2.07. The maximum atomic E-state index is 12.3. The molecule has 0 heterocycles. The van der Waals surface area contributed by atoms with Crippen LogP contribution in [0.1, 0.15) is 26.3 Å². The van der Waals surface area contributed by atoms with Crippen LogP contribution in [0.2, 0.25) is 0 Å². The van der Waals surface area contributed by atoms with Crippen molar-refractivity contribution in [3.63, 3.8) is 0 Å². The Bertz CT molecular complexity index is 885. The van der Waals surface area contributed by atoms with Gasteiger partial charge in [-0.3, -0.25) is 4.79 Å². The largest absolute Gasteiger partial charge is 0.465 e. The number of carbonyl (C=O) groups is 2. The van der Waals surface area contributed by atoms with Gasteiger partial charge in [-0.15, -0.1) is 0 Å². The lowest BCUT2D eigenvalue weighted by Gasteiger charge is -2.07. The minimum Gasteiger partial charge on any atom is -0.465 e. The van der Waals surface area contributed by atoms with Crippen LogP contribution in [-0.2, 0) is 11.3 Å². The lowest BCUT2D eigenvalue weighted by molar-refractivity contribution is 0.0600.